The van der Waals surface area contributed by atoms with Crippen LogP contribution in [-0.4, -0.2) is 28.0 Å². The maximum absolute atomic E-state index is 12.7. The van der Waals surface area contributed by atoms with Crippen LogP contribution in [0.4, 0.5) is 14.7 Å². The molecule has 2 aromatic carbocycles. The number of rotatable bonds is 6. The van der Waals surface area contributed by atoms with Gasteiger partial charge in [-0.2, -0.15) is 18.9 Å². The second kappa shape index (κ2) is 8.20. The Balaban J connectivity index is 1.77. The molecular formula is C20H17BrF2N4O2. The molecule has 0 bridgehead atoms. The maximum Gasteiger partial charge on any atom is 0.387 e. The first-order chi connectivity index (χ1) is 14.0. The van der Waals surface area contributed by atoms with Crippen LogP contribution in [0, 0.1) is 0 Å². The zero-order chi connectivity index (χ0) is 20.4. The average Bonchev–Trinajstić information content (AvgIpc) is 3.17. The highest BCUT2D eigenvalue weighted by molar-refractivity contribution is 9.10. The van der Waals surface area contributed by atoms with E-state index in [2.05, 4.69) is 36.1 Å². The van der Waals surface area contributed by atoms with Gasteiger partial charge in [0.25, 0.3) is 0 Å². The highest BCUT2D eigenvalue weighted by Crippen LogP contribution is 2.37. The fraction of sp³-hybridized carbons (Fsp3) is 0.200. The number of allylic oxidation sites excluding steroid dienone is 1. The molecule has 0 radical (unpaired) electrons. The van der Waals surface area contributed by atoms with E-state index in [1.165, 1.54) is 12.4 Å². The fourth-order valence-electron chi connectivity index (χ4n) is 3.17. The average molecular weight is 463 g/mol. The van der Waals surface area contributed by atoms with Crippen LogP contribution in [0.3, 0.4) is 0 Å². The molecule has 1 aromatic heterocycles. The van der Waals surface area contributed by atoms with Crippen molar-refractivity contribution in [2.24, 2.45) is 0 Å². The van der Waals surface area contributed by atoms with Gasteiger partial charge in [-0.25, -0.2) is 4.68 Å². The van der Waals surface area contributed by atoms with Gasteiger partial charge in [-0.15, -0.1) is 0 Å². The van der Waals surface area contributed by atoms with Crippen LogP contribution in [0.2, 0.25) is 0 Å². The maximum atomic E-state index is 12.7. The summed E-state index contributed by atoms with van der Waals surface area (Å²) in [6.07, 6.45) is 3.47. The van der Waals surface area contributed by atoms with E-state index in [-0.39, 0.29) is 17.5 Å². The number of nitrogens with zero attached hydrogens (tertiary/aromatic N) is 3. The van der Waals surface area contributed by atoms with Crippen LogP contribution in [0.25, 0.3) is 5.70 Å². The molecule has 1 atom stereocenters. The molecule has 4 rings (SSSR count). The minimum Gasteiger partial charge on any atom is -0.490 e. The number of alkyl halides is 2. The van der Waals surface area contributed by atoms with Gasteiger partial charge in [-0.05, 0) is 48.4 Å². The number of nitrogens with one attached hydrogen (secondary N) is 1. The van der Waals surface area contributed by atoms with Gasteiger partial charge >= 0.3 is 6.61 Å². The minimum atomic E-state index is -2.93. The Bertz CT molecular complexity index is 1050. The quantitative estimate of drug-likeness (QED) is 0.552. The Morgan fingerprint density at radius 2 is 2.07 bits per heavy atom. The van der Waals surface area contributed by atoms with Crippen molar-refractivity contribution in [3.05, 3.63) is 70.5 Å². The van der Waals surface area contributed by atoms with E-state index in [9.17, 15) is 8.78 Å². The lowest BCUT2D eigenvalue weighted by atomic mass is 10.0. The van der Waals surface area contributed by atoms with Crippen molar-refractivity contribution in [3.8, 4) is 11.5 Å². The molecule has 0 saturated carbocycles. The van der Waals surface area contributed by atoms with Gasteiger partial charge in [0.1, 0.15) is 12.4 Å². The van der Waals surface area contributed by atoms with Gasteiger partial charge in [0.15, 0.2) is 11.5 Å². The molecule has 1 aliphatic rings. The SMILES string of the molecule is CCOc1cc([C@H]2C=C(c3cccc(Br)c3)Nc3ncnn32)ccc1OC(F)F. The summed E-state index contributed by atoms with van der Waals surface area (Å²) in [7, 11) is 0. The molecule has 150 valence electrons. The molecule has 9 heteroatoms. The summed E-state index contributed by atoms with van der Waals surface area (Å²) in [6.45, 7) is -0.823. The number of benzene rings is 2. The van der Waals surface area contributed by atoms with Crippen molar-refractivity contribution < 1.29 is 18.3 Å². The molecule has 1 aliphatic heterocycles. The third-order valence-corrected chi connectivity index (χ3v) is 4.86. The predicted octanol–water partition coefficient (Wildman–Crippen LogP) is 5.10. The molecule has 0 amide bonds. The minimum absolute atomic E-state index is 0.00505. The summed E-state index contributed by atoms with van der Waals surface area (Å²) in [5.41, 5.74) is 2.64. The predicted molar refractivity (Wildman–Crippen MR) is 108 cm³/mol. The van der Waals surface area contributed by atoms with E-state index in [1.54, 1.807) is 23.7 Å². The Morgan fingerprint density at radius 1 is 1.21 bits per heavy atom. The Hall–Kier alpha value is -2.94. The molecule has 6 nitrogen and oxygen atoms in total. The van der Waals surface area contributed by atoms with Crippen molar-refractivity contribution >= 4 is 27.6 Å². The Kier molecular flexibility index (Phi) is 5.48. The lowest BCUT2D eigenvalue weighted by Crippen LogP contribution is -2.20. The van der Waals surface area contributed by atoms with Crippen molar-refractivity contribution in [3.63, 3.8) is 0 Å². The Morgan fingerprint density at radius 3 is 2.83 bits per heavy atom. The van der Waals surface area contributed by atoms with Crippen molar-refractivity contribution in [1.82, 2.24) is 14.8 Å². The smallest absolute Gasteiger partial charge is 0.387 e. The number of anilines is 1. The van der Waals surface area contributed by atoms with Crippen molar-refractivity contribution in [2.75, 3.05) is 11.9 Å². The van der Waals surface area contributed by atoms with Crippen LogP contribution in [0.1, 0.15) is 24.1 Å². The first kappa shape index (κ1) is 19.4. The molecule has 0 fully saturated rings. The third kappa shape index (κ3) is 4.09. The van der Waals surface area contributed by atoms with Crippen LogP contribution in [-0.2, 0) is 0 Å². The van der Waals surface area contributed by atoms with Crippen LogP contribution < -0.4 is 14.8 Å². The zero-order valence-corrected chi connectivity index (χ0v) is 16.9. The summed E-state index contributed by atoms with van der Waals surface area (Å²) < 4.78 is 38.2. The molecule has 0 unspecified atom stereocenters. The number of hydrogen-bond donors (Lipinski definition) is 1. The van der Waals surface area contributed by atoms with E-state index >= 15 is 0 Å². The van der Waals surface area contributed by atoms with Gasteiger partial charge in [0.05, 0.1) is 6.61 Å². The normalized spacial score (nSPS) is 15.5. The number of halogens is 3. The fourth-order valence-corrected chi connectivity index (χ4v) is 3.57. The number of fused-ring (bicyclic) bond motifs is 1. The van der Waals surface area contributed by atoms with E-state index in [1.807, 2.05) is 30.3 Å². The lowest BCUT2D eigenvalue weighted by Gasteiger charge is -2.25. The second-order valence-electron chi connectivity index (χ2n) is 6.21. The second-order valence-corrected chi connectivity index (χ2v) is 7.12. The van der Waals surface area contributed by atoms with E-state index in [4.69, 9.17) is 4.74 Å². The molecular weight excluding hydrogens is 446 g/mol. The van der Waals surface area contributed by atoms with Gasteiger partial charge < -0.3 is 14.8 Å². The highest BCUT2D eigenvalue weighted by Gasteiger charge is 2.25. The van der Waals surface area contributed by atoms with Gasteiger partial charge in [0.2, 0.25) is 5.95 Å². The molecule has 29 heavy (non-hydrogen) atoms. The molecule has 0 aliphatic carbocycles. The molecule has 0 saturated heterocycles. The summed E-state index contributed by atoms with van der Waals surface area (Å²) in [6, 6.07) is 12.5. The zero-order valence-electron chi connectivity index (χ0n) is 15.3. The van der Waals surface area contributed by atoms with E-state index in [0.29, 0.717) is 12.6 Å². The van der Waals surface area contributed by atoms with Crippen molar-refractivity contribution in [1.29, 1.82) is 0 Å². The van der Waals surface area contributed by atoms with Crippen LogP contribution in [0.15, 0.2) is 59.3 Å². The first-order valence-corrected chi connectivity index (χ1v) is 9.70. The van der Waals surface area contributed by atoms with Gasteiger partial charge in [-0.1, -0.05) is 34.1 Å². The highest BCUT2D eigenvalue weighted by atomic mass is 79.9. The van der Waals surface area contributed by atoms with Crippen LogP contribution in [0.5, 0.6) is 11.5 Å². The molecule has 2 heterocycles. The lowest BCUT2D eigenvalue weighted by molar-refractivity contribution is -0.0514. The summed E-state index contributed by atoms with van der Waals surface area (Å²) >= 11 is 3.49. The number of hydrogen-bond acceptors (Lipinski definition) is 5. The van der Waals surface area contributed by atoms with Crippen molar-refractivity contribution in [2.45, 2.75) is 19.6 Å². The monoisotopic (exact) mass is 462 g/mol. The third-order valence-electron chi connectivity index (χ3n) is 4.37. The topological polar surface area (TPSA) is 61.2 Å². The molecule has 1 N–H and O–H groups in total. The van der Waals surface area contributed by atoms with Gasteiger partial charge in [0, 0.05) is 10.2 Å². The van der Waals surface area contributed by atoms with E-state index < -0.39 is 6.61 Å². The number of aromatic nitrogens is 3. The molecule has 3 aromatic rings. The largest absolute Gasteiger partial charge is 0.490 e. The molecule has 0 spiro atoms. The summed E-state index contributed by atoms with van der Waals surface area (Å²) in [4.78, 5) is 4.28. The summed E-state index contributed by atoms with van der Waals surface area (Å²) in [5.74, 6) is 0.829. The number of ether oxygens (including phenoxy) is 2. The first-order valence-electron chi connectivity index (χ1n) is 8.91. The van der Waals surface area contributed by atoms with Crippen LogP contribution >= 0.6 is 15.9 Å². The standard InChI is InChI=1S/C20H17BrF2N4O2/c1-2-28-18-9-13(6-7-17(18)29-19(22)23)16-10-15(12-4-3-5-14(21)8-12)26-20-24-11-25-27(16)20/h3-11,16,19H,2H2,1H3,(H,24,25,26)/t16-/m1/s1. The van der Waals surface area contributed by atoms with Gasteiger partial charge in [-0.3, -0.25) is 0 Å². The van der Waals surface area contributed by atoms with E-state index in [0.717, 1.165) is 21.3 Å². The summed E-state index contributed by atoms with van der Waals surface area (Å²) in [5, 5.41) is 7.58. The Labute approximate surface area is 174 Å².